The number of hydrogen-bond acceptors (Lipinski definition) is 8. The molecule has 0 bridgehead atoms. The number of phenolic OH excluding ortho intramolecular Hbond substituents is 2. The van der Waals surface area contributed by atoms with Crippen molar-refractivity contribution in [2.45, 2.75) is 56.5 Å². The van der Waals surface area contributed by atoms with Crippen molar-refractivity contribution in [1.82, 2.24) is 0 Å². The van der Waals surface area contributed by atoms with E-state index < -0.39 is 42.3 Å². The Bertz CT molecular complexity index is 760. The number of aliphatic hydroxyl groups excluding tert-OH is 1. The van der Waals surface area contributed by atoms with Crippen molar-refractivity contribution in [2.24, 2.45) is 0 Å². The highest BCUT2D eigenvalue weighted by atomic mass is 16.6. The van der Waals surface area contributed by atoms with E-state index in [1.807, 2.05) is 6.92 Å². The number of aromatic hydroxyl groups is 2. The molecule has 0 heterocycles. The number of carboxylic acid groups (broad SMARTS) is 1. The summed E-state index contributed by atoms with van der Waals surface area (Å²) in [6.07, 6.45) is -0.255. The smallest absolute Gasteiger partial charge is 0.331 e. The number of aliphatic hydroxyl groups is 2. The van der Waals surface area contributed by atoms with Crippen molar-refractivity contribution in [3.63, 3.8) is 0 Å². The van der Waals surface area contributed by atoms with E-state index in [-0.39, 0.29) is 24.5 Å². The van der Waals surface area contributed by atoms with Gasteiger partial charge in [0.25, 0.3) is 0 Å². The van der Waals surface area contributed by atoms with Crippen LogP contribution in [0.5, 0.6) is 11.5 Å². The van der Waals surface area contributed by atoms with Gasteiger partial charge < -0.3 is 35.0 Å². The molecule has 1 aromatic carbocycles. The Labute approximate surface area is 167 Å². The Hall–Kier alpha value is -2.62. The maximum atomic E-state index is 12.1. The predicted octanol–water partition coefficient (Wildman–Crippen LogP) is 1.18. The quantitative estimate of drug-likeness (QED) is 0.165. The number of ether oxygens (including phenoxy) is 2. The maximum absolute atomic E-state index is 12.1. The Kier molecular flexibility index (Phi) is 7.60. The zero-order valence-corrected chi connectivity index (χ0v) is 16.0. The van der Waals surface area contributed by atoms with Gasteiger partial charge in [-0.25, -0.2) is 4.79 Å². The molecule has 5 N–H and O–H groups in total. The third-order valence-corrected chi connectivity index (χ3v) is 4.78. The molecule has 1 fully saturated rings. The van der Waals surface area contributed by atoms with Gasteiger partial charge in [-0.1, -0.05) is 19.4 Å². The average Bonchev–Trinajstić information content (AvgIpc) is 2.65. The Balaban J connectivity index is 2.01. The zero-order chi connectivity index (χ0) is 21.6. The van der Waals surface area contributed by atoms with Gasteiger partial charge in [-0.15, -0.1) is 0 Å². The summed E-state index contributed by atoms with van der Waals surface area (Å²) >= 11 is 0. The van der Waals surface area contributed by atoms with Crippen molar-refractivity contribution in [3.05, 3.63) is 29.8 Å². The maximum Gasteiger partial charge on any atom is 0.331 e. The zero-order valence-electron chi connectivity index (χ0n) is 16.0. The van der Waals surface area contributed by atoms with E-state index in [0.29, 0.717) is 12.0 Å². The van der Waals surface area contributed by atoms with Crippen molar-refractivity contribution >= 4 is 18.0 Å². The minimum atomic E-state index is -1.82. The largest absolute Gasteiger partial charge is 0.504 e. The van der Waals surface area contributed by atoms with Gasteiger partial charge in [-0.05, 0) is 30.2 Å². The molecule has 0 spiro atoms. The summed E-state index contributed by atoms with van der Waals surface area (Å²) in [5.41, 5.74) is -1.36. The molecule has 29 heavy (non-hydrogen) atoms. The highest BCUT2D eigenvalue weighted by Gasteiger charge is 2.60. The first-order valence-corrected chi connectivity index (χ1v) is 9.32. The van der Waals surface area contributed by atoms with E-state index in [1.54, 1.807) is 0 Å². The number of esters is 1. The second-order valence-corrected chi connectivity index (χ2v) is 7.01. The summed E-state index contributed by atoms with van der Waals surface area (Å²) in [4.78, 5) is 22.9. The van der Waals surface area contributed by atoms with Gasteiger partial charge >= 0.3 is 11.9 Å². The van der Waals surface area contributed by atoms with E-state index in [1.165, 1.54) is 24.3 Å². The minimum absolute atomic E-state index is 0.155. The van der Waals surface area contributed by atoms with Gasteiger partial charge in [-0.2, -0.15) is 0 Å². The molecule has 0 radical (unpaired) electrons. The number of hydrogen-bond donors (Lipinski definition) is 5. The molecule has 0 saturated heterocycles. The van der Waals surface area contributed by atoms with Crippen molar-refractivity contribution in [3.8, 4) is 11.5 Å². The Morgan fingerprint density at radius 1 is 1.31 bits per heavy atom. The highest BCUT2D eigenvalue weighted by Crippen LogP contribution is 2.41. The lowest BCUT2D eigenvalue weighted by molar-refractivity contribution is -0.273. The summed E-state index contributed by atoms with van der Waals surface area (Å²) in [6, 6.07) is 4.02. The number of carbonyl (C=O) groups is 2. The molecule has 0 amide bonds. The van der Waals surface area contributed by atoms with Gasteiger partial charge in [-0.3, -0.25) is 4.79 Å². The molecule has 0 aromatic heterocycles. The van der Waals surface area contributed by atoms with Gasteiger partial charge in [0.2, 0.25) is 0 Å². The van der Waals surface area contributed by atoms with Crippen molar-refractivity contribution < 1.29 is 44.6 Å². The number of aliphatic carboxylic acids is 1. The van der Waals surface area contributed by atoms with Crippen LogP contribution in [0.4, 0.5) is 0 Å². The van der Waals surface area contributed by atoms with Crippen LogP contribution < -0.4 is 0 Å². The summed E-state index contributed by atoms with van der Waals surface area (Å²) in [6.45, 7) is 2.21. The van der Waals surface area contributed by atoms with Crippen LogP contribution in [-0.2, 0) is 19.1 Å². The molecule has 4 unspecified atom stereocenters. The molecule has 160 valence electrons. The fraction of sp³-hybridized carbons (Fsp3) is 0.500. The highest BCUT2D eigenvalue weighted by molar-refractivity contribution is 5.87. The fourth-order valence-electron chi connectivity index (χ4n) is 3.08. The first-order chi connectivity index (χ1) is 13.7. The van der Waals surface area contributed by atoms with Gasteiger partial charge in [0.1, 0.15) is 17.8 Å². The number of benzene rings is 1. The van der Waals surface area contributed by atoms with E-state index in [4.69, 9.17) is 14.6 Å². The second kappa shape index (κ2) is 9.73. The molecule has 1 aliphatic rings. The second-order valence-electron chi connectivity index (χ2n) is 7.01. The molecule has 1 aliphatic carbocycles. The number of carbonyl (C=O) groups excluding carboxylic acids is 1. The molecular formula is C20H26O9. The first-order valence-electron chi connectivity index (χ1n) is 9.32. The molecule has 9 heteroatoms. The van der Waals surface area contributed by atoms with E-state index in [2.05, 4.69) is 0 Å². The average molecular weight is 410 g/mol. The standard InChI is InChI=1S/C20H26O9/c1-2-3-8-28-19-15(11-20(19,27)16(23)10-17(24)25)29-18(26)7-5-12-4-6-13(21)14(22)9-12/h4-7,9,15-16,19,21-23,27H,2-3,8,10-11H2,1H3,(H,24,25). The van der Waals surface area contributed by atoms with Crippen LogP contribution >= 0.6 is 0 Å². The van der Waals surface area contributed by atoms with Gasteiger partial charge in [0.15, 0.2) is 11.5 Å². The van der Waals surface area contributed by atoms with Gasteiger partial charge in [0.05, 0.1) is 12.5 Å². The molecule has 1 aromatic rings. The van der Waals surface area contributed by atoms with Gasteiger partial charge in [0, 0.05) is 19.1 Å². The Morgan fingerprint density at radius 2 is 2.03 bits per heavy atom. The third kappa shape index (κ3) is 5.69. The number of unbranched alkanes of at least 4 members (excludes halogenated alkanes) is 1. The lowest BCUT2D eigenvalue weighted by Gasteiger charge is -2.51. The normalized spacial score (nSPS) is 24.8. The summed E-state index contributed by atoms with van der Waals surface area (Å²) in [5.74, 6) is -2.62. The van der Waals surface area contributed by atoms with E-state index in [9.17, 15) is 30.0 Å². The molecule has 2 rings (SSSR count). The molecule has 0 aliphatic heterocycles. The van der Waals surface area contributed by atoms with Crippen molar-refractivity contribution in [2.75, 3.05) is 6.61 Å². The number of carboxylic acids is 1. The monoisotopic (exact) mass is 410 g/mol. The van der Waals surface area contributed by atoms with E-state index in [0.717, 1.165) is 12.5 Å². The summed E-state index contributed by atoms with van der Waals surface area (Å²) < 4.78 is 10.9. The van der Waals surface area contributed by atoms with Crippen molar-refractivity contribution in [1.29, 1.82) is 0 Å². The molecule has 4 atom stereocenters. The van der Waals surface area contributed by atoms with Crippen LogP contribution in [-0.4, -0.2) is 68.0 Å². The van der Waals surface area contributed by atoms with Crippen LogP contribution in [0.2, 0.25) is 0 Å². The molecular weight excluding hydrogens is 384 g/mol. The summed E-state index contributed by atoms with van der Waals surface area (Å²) in [7, 11) is 0. The minimum Gasteiger partial charge on any atom is -0.504 e. The third-order valence-electron chi connectivity index (χ3n) is 4.78. The van der Waals surface area contributed by atoms with E-state index >= 15 is 0 Å². The SMILES string of the molecule is CCCCOC1C(OC(=O)C=Cc2ccc(O)c(O)c2)CC1(O)C(O)CC(=O)O. The molecule has 1 saturated carbocycles. The van der Waals surface area contributed by atoms with Crippen LogP contribution in [0.1, 0.15) is 38.2 Å². The number of rotatable bonds is 10. The molecule has 9 nitrogen and oxygen atoms in total. The lowest BCUT2D eigenvalue weighted by atomic mass is 9.69. The topological polar surface area (TPSA) is 154 Å². The van der Waals surface area contributed by atoms with Crippen LogP contribution in [0, 0.1) is 0 Å². The fourth-order valence-corrected chi connectivity index (χ4v) is 3.08. The lowest BCUT2D eigenvalue weighted by Crippen LogP contribution is -2.69. The van der Waals surface area contributed by atoms with Crippen LogP contribution in [0.15, 0.2) is 24.3 Å². The number of phenols is 2. The summed E-state index contributed by atoms with van der Waals surface area (Å²) in [5, 5.41) is 48.3. The Morgan fingerprint density at radius 3 is 2.66 bits per heavy atom. The van der Waals surface area contributed by atoms with Crippen LogP contribution in [0.25, 0.3) is 6.08 Å². The first kappa shape index (κ1) is 22.7. The predicted molar refractivity (Wildman–Crippen MR) is 101 cm³/mol. The van der Waals surface area contributed by atoms with Crippen LogP contribution in [0.3, 0.4) is 0 Å².